The molecule has 2 aliphatic rings. The molecule has 1 aromatic rings. The number of benzene rings is 1. The minimum atomic E-state index is -0.173. The Balaban J connectivity index is 1.73. The zero-order valence-corrected chi connectivity index (χ0v) is 10.6. The Kier molecular flexibility index (Phi) is 3.25. The molecule has 0 aromatic heterocycles. The molecule has 1 heterocycles. The van der Waals surface area contributed by atoms with E-state index < -0.39 is 0 Å². The predicted molar refractivity (Wildman–Crippen MR) is 70.1 cm³/mol. The van der Waals surface area contributed by atoms with Crippen LogP contribution in [0.3, 0.4) is 0 Å². The first-order chi connectivity index (χ1) is 8.78. The Bertz CT molecular complexity index is 397. The Morgan fingerprint density at radius 1 is 1.11 bits per heavy atom. The monoisotopic (exact) mass is 249 g/mol. The Morgan fingerprint density at radius 2 is 1.83 bits per heavy atom. The van der Waals surface area contributed by atoms with Crippen LogP contribution in [-0.2, 0) is 4.74 Å². The van der Waals surface area contributed by atoms with Crippen molar-refractivity contribution in [2.24, 2.45) is 5.41 Å². The lowest BCUT2D eigenvalue weighted by Gasteiger charge is -2.39. The summed E-state index contributed by atoms with van der Waals surface area (Å²) >= 11 is 0. The quantitative estimate of drug-likeness (QED) is 0.865. The molecule has 1 saturated carbocycles. The van der Waals surface area contributed by atoms with Crippen molar-refractivity contribution in [1.29, 1.82) is 0 Å². The summed E-state index contributed by atoms with van der Waals surface area (Å²) in [6.07, 6.45) is 6.13. The van der Waals surface area contributed by atoms with E-state index in [-0.39, 0.29) is 5.82 Å². The number of hydrogen-bond acceptors (Lipinski definition) is 2. The predicted octanol–water partition coefficient (Wildman–Crippen LogP) is 3.59. The lowest BCUT2D eigenvalue weighted by Crippen LogP contribution is -2.40. The topological polar surface area (TPSA) is 21.3 Å². The summed E-state index contributed by atoms with van der Waals surface area (Å²) in [4.78, 5) is 0. The second kappa shape index (κ2) is 4.88. The summed E-state index contributed by atoms with van der Waals surface area (Å²) in [6.45, 7) is 1.78. The first-order valence-corrected chi connectivity index (χ1v) is 6.88. The van der Waals surface area contributed by atoms with Gasteiger partial charge >= 0.3 is 0 Å². The fourth-order valence-electron chi connectivity index (χ4n) is 3.49. The molecule has 18 heavy (non-hydrogen) atoms. The lowest BCUT2D eigenvalue weighted by molar-refractivity contribution is 0.0134. The van der Waals surface area contributed by atoms with E-state index >= 15 is 0 Å². The van der Waals surface area contributed by atoms with Crippen molar-refractivity contribution in [3.63, 3.8) is 0 Å². The number of anilines is 1. The third kappa shape index (κ3) is 2.24. The van der Waals surface area contributed by atoms with Crippen LogP contribution in [0, 0.1) is 11.2 Å². The molecule has 0 amide bonds. The van der Waals surface area contributed by atoms with E-state index in [1.54, 1.807) is 0 Å². The van der Waals surface area contributed by atoms with Gasteiger partial charge in [0.25, 0.3) is 0 Å². The van der Waals surface area contributed by atoms with Crippen molar-refractivity contribution < 1.29 is 9.13 Å². The number of ether oxygens (including phenoxy) is 1. The van der Waals surface area contributed by atoms with Gasteiger partial charge in [0.1, 0.15) is 5.82 Å². The molecular formula is C15H20FNO. The lowest BCUT2D eigenvalue weighted by atomic mass is 9.75. The molecule has 1 atom stereocenters. The van der Waals surface area contributed by atoms with Crippen LogP contribution in [0.2, 0.25) is 0 Å². The number of nitrogens with one attached hydrogen (secondary N) is 1. The van der Waals surface area contributed by atoms with Gasteiger partial charge < -0.3 is 10.1 Å². The van der Waals surface area contributed by atoms with Crippen LogP contribution in [0.1, 0.15) is 32.1 Å². The molecule has 1 aliphatic carbocycles. The highest BCUT2D eigenvalue weighted by Gasteiger charge is 2.43. The molecule has 1 aromatic carbocycles. The van der Waals surface area contributed by atoms with E-state index in [1.165, 1.54) is 31.4 Å². The summed E-state index contributed by atoms with van der Waals surface area (Å²) in [7, 11) is 0. The average Bonchev–Trinajstić information content (AvgIpc) is 2.76. The van der Waals surface area contributed by atoms with Crippen LogP contribution in [0.25, 0.3) is 0 Å². The van der Waals surface area contributed by atoms with Gasteiger partial charge in [-0.05, 0) is 55.4 Å². The standard InChI is InChI=1S/C15H20FNO/c16-12-3-5-13(6-4-12)17-14-2-1-7-15(14)8-10-18-11-9-15/h3-6,14,17H,1-2,7-11H2. The molecule has 0 bridgehead atoms. The maximum absolute atomic E-state index is 12.9. The average molecular weight is 249 g/mol. The zero-order valence-electron chi connectivity index (χ0n) is 10.6. The summed E-state index contributed by atoms with van der Waals surface area (Å²) in [6, 6.07) is 7.23. The maximum Gasteiger partial charge on any atom is 0.123 e. The van der Waals surface area contributed by atoms with Crippen LogP contribution in [0.4, 0.5) is 10.1 Å². The van der Waals surface area contributed by atoms with E-state index in [2.05, 4.69) is 5.32 Å². The molecule has 1 aliphatic heterocycles. The van der Waals surface area contributed by atoms with E-state index in [4.69, 9.17) is 4.74 Å². The Hall–Kier alpha value is -1.09. The van der Waals surface area contributed by atoms with Gasteiger partial charge in [0.15, 0.2) is 0 Å². The fraction of sp³-hybridized carbons (Fsp3) is 0.600. The minimum Gasteiger partial charge on any atom is -0.382 e. The second-order valence-corrected chi connectivity index (χ2v) is 5.57. The molecule has 1 unspecified atom stereocenters. The molecule has 2 nitrogen and oxygen atoms in total. The summed E-state index contributed by atoms with van der Waals surface area (Å²) in [5, 5.41) is 3.61. The van der Waals surface area contributed by atoms with Crippen LogP contribution < -0.4 is 5.32 Å². The SMILES string of the molecule is Fc1ccc(NC2CCCC23CCOCC3)cc1. The second-order valence-electron chi connectivity index (χ2n) is 5.57. The number of rotatable bonds is 2. The highest BCUT2D eigenvalue weighted by Crippen LogP contribution is 2.47. The summed E-state index contributed by atoms with van der Waals surface area (Å²) < 4.78 is 18.4. The van der Waals surface area contributed by atoms with E-state index in [0.29, 0.717) is 11.5 Å². The first kappa shape index (κ1) is 12.0. The van der Waals surface area contributed by atoms with Crippen LogP contribution in [0.5, 0.6) is 0 Å². The van der Waals surface area contributed by atoms with Crippen molar-refractivity contribution in [3.8, 4) is 0 Å². The molecule has 0 radical (unpaired) electrons. The summed E-state index contributed by atoms with van der Waals surface area (Å²) in [5.74, 6) is -0.173. The molecule has 1 spiro atoms. The van der Waals surface area contributed by atoms with Gasteiger partial charge in [0, 0.05) is 24.9 Å². The van der Waals surface area contributed by atoms with Crippen molar-refractivity contribution in [1.82, 2.24) is 0 Å². The van der Waals surface area contributed by atoms with Gasteiger partial charge in [-0.1, -0.05) is 6.42 Å². The normalized spacial score (nSPS) is 26.4. The van der Waals surface area contributed by atoms with Gasteiger partial charge in [-0.2, -0.15) is 0 Å². The smallest absolute Gasteiger partial charge is 0.123 e. The fourth-order valence-corrected chi connectivity index (χ4v) is 3.49. The third-order valence-corrected chi connectivity index (χ3v) is 4.58. The van der Waals surface area contributed by atoms with E-state index in [9.17, 15) is 4.39 Å². The van der Waals surface area contributed by atoms with Crippen LogP contribution >= 0.6 is 0 Å². The third-order valence-electron chi connectivity index (χ3n) is 4.58. The molecule has 1 N–H and O–H groups in total. The zero-order chi connectivity index (χ0) is 12.4. The van der Waals surface area contributed by atoms with Gasteiger partial charge in [-0.25, -0.2) is 4.39 Å². The first-order valence-electron chi connectivity index (χ1n) is 6.88. The molecule has 98 valence electrons. The maximum atomic E-state index is 12.9. The van der Waals surface area contributed by atoms with Crippen molar-refractivity contribution in [3.05, 3.63) is 30.1 Å². The molecule has 3 rings (SSSR count). The van der Waals surface area contributed by atoms with Crippen LogP contribution in [-0.4, -0.2) is 19.3 Å². The highest BCUT2D eigenvalue weighted by molar-refractivity contribution is 5.44. The minimum absolute atomic E-state index is 0.173. The van der Waals surface area contributed by atoms with Gasteiger partial charge in [-0.15, -0.1) is 0 Å². The van der Waals surface area contributed by atoms with Gasteiger partial charge in [0.05, 0.1) is 0 Å². The Labute approximate surface area is 108 Å². The number of halogens is 1. The van der Waals surface area contributed by atoms with Crippen LogP contribution in [0.15, 0.2) is 24.3 Å². The Morgan fingerprint density at radius 3 is 2.56 bits per heavy atom. The van der Waals surface area contributed by atoms with E-state index in [0.717, 1.165) is 31.7 Å². The number of hydrogen-bond donors (Lipinski definition) is 1. The van der Waals surface area contributed by atoms with Crippen molar-refractivity contribution in [2.45, 2.75) is 38.1 Å². The molecular weight excluding hydrogens is 229 g/mol. The molecule has 3 heteroatoms. The van der Waals surface area contributed by atoms with Gasteiger partial charge in [-0.3, -0.25) is 0 Å². The molecule has 2 fully saturated rings. The highest BCUT2D eigenvalue weighted by atomic mass is 19.1. The van der Waals surface area contributed by atoms with Gasteiger partial charge in [0.2, 0.25) is 0 Å². The van der Waals surface area contributed by atoms with E-state index in [1.807, 2.05) is 12.1 Å². The largest absolute Gasteiger partial charge is 0.382 e. The molecule has 1 saturated heterocycles. The summed E-state index contributed by atoms with van der Waals surface area (Å²) in [5.41, 5.74) is 1.45. The van der Waals surface area contributed by atoms with Crippen molar-refractivity contribution in [2.75, 3.05) is 18.5 Å². The van der Waals surface area contributed by atoms with Crippen molar-refractivity contribution >= 4 is 5.69 Å².